The van der Waals surface area contributed by atoms with Crippen molar-refractivity contribution in [2.75, 3.05) is 11.9 Å². The van der Waals surface area contributed by atoms with Crippen LogP contribution in [0.2, 0.25) is 0 Å². The first-order valence-electron chi connectivity index (χ1n) is 6.88. The van der Waals surface area contributed by atoms with Crippen molar-refractivity contribution in [1.29, 1.82) is 0 Å². The molecule has 0 radical (unpaired) electrons. The van der Waals surface area contributed by atoms with Gasteiger partial charge in [0.1, 0.15) is 5.75 Å². The Balaban J connectivity index is 2.00. The average Bonchev–Trinajstić information content (AvgIpc) is 2.43. The highest BCUT2D eigenvalue weighted by Crippen LogP contribution is 2.17. The van der Waals surface area contributed by atoms with Gasteiger partial charge in [-0.25, -0.2) is 13.6 Å². The molecule has 0 atom stereocenters. The van der Waals surface area contributed by atoms with Gasteiger partial charge in [-0.15, -0.1) is 0 Å². The topological polar surface area (TPSA) is 98.5 Å². The maximum atomic E-state index is 11.9. The molecule has 2 rings (SSSR count). The number of ether oxygens (including phenoxy) is 1. The molecule has 0 saturated heterocycles. The third kappa shape index (κ3) is 5.08. The van der Waals surface area contributed by atoms with E-state index in [2.05, 4.69) is 5.32 Å². The Labute approximate surface area is 135 Å². The molecular formula is C16H18N2O4S. The van der Waals surface area contributed by atoms with Crippen LogP contribution < -0.4 is 15.2 Å². The van der Waals surface area contributed by atoms with Crippen molar-refractivity contribution in [3.63, 3.8) is 0 Å². The van der Waals surface area contributed by atoms with E-state index in [-0.39, 0.29) is 11.5 Å². The number of sulfonamides is 1. The van der Waals surface area contributed by atoms with Gasteiger partial charge < -0.3 is 10.1 Å². The van der Waals surface area contributed by atoms with Crippen LogP contribution in [0.1, 0.15) is 11.1 Å². The standard InChI is InChI=1S/C16H18N2O4S/c1-11-6-12(2)8-14(7-11)22-10-16(19)18-13-4-3-5-15(9-13)23(17,20)21/h3-9H,10H2,1-2H3,(H,18,19)(H2,17,20,21). The van der Waals surface area contributed by atoms with Crippen molar-refractivity contribution in [3.05, 3.63) is 53.6 Å². The molecule has 3 N–H and O–H groups in total. The third-order valence-electron chi connectivity index (χ3n) is 3.01. The lowest BCUT2D eigenvalue weighted by Gasteiger charge is -2.09. The molecule has 0 spiro atoms. The van der Waals surface area contributed by atoms with Gasteiger partial charge in [-0.3, -0.25) is 4.79 Å². The molecule has 2 aromatic rings. The van der Waals surface area contributed by atoms with Gasteiger partial charge in [0, 0.05) is 5.69 Å². The summed E-state index contributed by atoms with van der Waals surface area (Å²) in [4.78, 5) is 11.8. The Morgan fingerprint density at radius 1 is 1.13 bits per heavy atom. The summed E-state index contributed by atoms with van der Waals surface area (Å²) in [6, 6.07) is 11.4. The molecule has 23 heavy (non-hydrogen) atoms. The van der Waals surface area contributed by atoms with Crippen LogP contribution in [0.25, 0.3) is 0 Å². The Morgan fingerprint density at radius 3 is 2.39 bits per heavy atom. The number of primary sulfonamides is 1. The molecular weight excluding hydrogens is 316 g/mol. The number of hydrogen-bond donors (Lipinski definition) is 2. The number of aryl methyl sites for hydroxylation is 2. The Hall–Kier alpha value is -2.38. The highest BCUT2D eigenvalue weighted by Gasteiger charge is 2.10. The average molecular weight is 334 g/mol. The zero-order valence-electron chi connectivity index (χ0n) is 12.9. The maximum absolute atomic E-state index is 11.9. The van der Waals surface area contributed by atoms with Crippen molar-refractivity contribution in [2.45, 2.75) is 18.7 Å². The summed E-state index contributed by atoms with van der Waals surface area (Å²) in [5.74, 6) is 0.215. The summed E-state index contributed by atoms with van der Waals surface area (Å²) in [5.41, 5.74) is 2.42. The fourth-order valence-electron chi connectivity index (χ4n) is 2.11. The molecule has 7 heteroatoms. The molecule has 0 saturated carbocycles. The van der Waals surface area contributed by atoms with Gasteiger partial charge in [0.05, 0.1) is 4.90 Å². The highest BCUT2D eigenvalue weighted by atomic mass is 32.2. The van der Waals surface area contributed by atoms with Gasteiger partial charge in [0.25, 0.3) is 5.91 Å². The van der Waals surface area contributed by atoms with E-state index in [4.69, 9.17) is 9.88 Å². The minimum Gasteiger partial charge on any atom is -0.484 e. The summed E-state index contributed by atoms with van der Waals surface area (Å²) < 4.78 is 28.0. The molecule has 0 heterocycles. The molecule has 0 fully saturated rings. The third-order valence-corrected chi connectivity index (χ3v) is 3.92. The van der Waals surface area contributed by atoms with Crippen LogP contribution in [0.3, 0.4) is 0 Å². The van der Waals surface area contributed by atoms with Gasteiger partial charge in [0.2, 0.25) is 10.0 Å². The van der Waals surface area contributed by atoms with E-state index < -0.39 is 15.9 Å². The molecule has 2 aromatic carbocycles. The second-order valence-electron chi connectivity index (χ2n) is 5.23. The highest BCUT2D eigenvalue weighted by molar-refractivity contribution is 7.89. The first-order chi connectivity index (χ1) is 10.7. The van der Waals surface area contributed by atoms with E-state index in [9.17, 15) is 13.2 Å². The normalized spacial score (nSPS) is 11.1. The summed E-state index contributed by atoms with van der Waals surface area (Å²) >= 11 is 0. The van der Waals surface area contributed by atoms with Crippen LogP contribution in [0.5, 0.6) is 5.75 Å². The van der Waals surface area contributed by atoms with Crippen LogP contribution in [0, 0.1) is 13.8 Å². The summed E-state index contributed by atoms with van der Waals surface area (Å²) in [6.07, 6.45) is 0. The summed E-state index contributed by atoms with van der Waals surface area (Å²) in [6.45, 7) is 3.71. The molecule has 0 unspecified atom stereocenters. The van der Waals surface area contributed by atoms with Crippen molar-refractivity contribution in [3.8, 4) is 5.75 Å². The summed E-state index contributed by atoms with van der Waals surface area (Å²) in [7, 11) is -3.81. The second-order valence-corrected chi connectivity index (χ2v) is 6.79. The molecule has 0 bridgehead atoms. The zero-order valence-corrected chi connectivity index (χ0v) is 13.7. The van der Waals surface area contributed by atoms with Crippen molar-refractivity contribution in [2.24, 2.45) is 5.14 Å². The van der Waals surface area contributed by atoms with Crippen molar-refractivity contribution in [1.82, 2.24) is 0 Å². The smallest absolute Gasteiger partial charge is 0.262 e. The first kappa shape index (κ1) is 17.0. The Kier molecular flexibility index (Phi) is 5.02. The van der Waals surface area contributed by atoms with Crippen LogP contribution in [-0.4, -0.2) is 20.9 Å². The van der Waals surface area contributed by atoms with Crippen LogP contribution >= 0.6 is 0 Å². The number of benzene rings is 2. The predicted octanol–water partition coefficient (Wildman–Crippen LogP) is 1.97. The number of carbonyl (C=O) groups is 1. The number of amides is 1. The van der Waals surface area contributed by atoms with E-state index >= 15 is 0 Å². The van der Waals surface area contributed by atoms with E-state index in [0.717, 1.165) is 11.1 Å². The Bertz CT molecular complexity index is 811. The molecule has 0 aliphatic heterocycles. The first-order valence-corrected chi connectivity index (χ1v) is 8.42. The lowest BCUT2D eigenvalue weighted by molar-refractivity contribution is -0.118. The number of rotatable bonds is 5. The minimum absolute atomic E-state index is 0.0643. The maximum Gasteiger partial charge on any atom is 0.262 e. The number of anilines is 1. The van der Waals surface area contributed by atoms with Gasteiger partial charge in [-0.2, -0.15) is 0 Å². The van der Waals surface area contributed by atoms with E-state index in [1.54, 1.807) is 6.07 Å². The second kappa shape index (κ2) is 6.80. The quantitative estimate of drug-likeness (QED) is 0.873. The van der Waals surface area contributed by atoms with Crippen LogP contribution in [0.15, 0.2) is 47.4 Å². The molecule has 0 aliphatic rings. The predicted molar refractivity (Wildman–Crippen MR) is 87.9 cm³/mol. The molecule has 0 aliphatic carbocycles. The van der Waals surface area contributed by atoms with Gasteiger partial charge in [-0.05, 0) is 55.3 Å². The fraction of sp³-hybridized carbons (Fsp3) is 0.188. The van der Waals surface area contributed by atoms with Gasteiger partial charge >= 0.3 is 0 Å². The Morgan fingerprint density at radius 2 is 1.78 bits per heavy atom. The lowest BCUT2D eigenvalue weighted by atomic mass is 10.1. The molecule has 0 aromatic heterocycles. The number of carbonyl (C=O) groups excluding carboxylic acids is 1. The molecule has 6 nitrogen and oxygen atoms in total. The van der Waals surface area contributed by atoms with Gasteiger partial charge in [-0.1, -0.05) is 12.1 Å². The largest absolute Gasteiger partial charge is 0.484 e. The van der Waals surface area contributed by atoms with Crippen molar-refractivity contribution < 1.29 is 17.9 Å². The number of nitrogens with two attached hydrogens (primary N) is 1. The van der Waals surface area contributed by atoms with E-state index in [1.165, 1.54) is 18.2 Å². The van der Waals surface area contributed by atoms with E-state index in [1.807, 2.05) is 32.0 Å². The van der Waals surface area contributed by atoms with Gasteiger partial charge in [0.15, 0.2) is 6.61 Å². The fourth-order valence-corrected chi connectivity index (χ4v) is 2.67. The minimum atomic E-state index is -3.81. The molecule has 1 amide bonds. The summed E-state index contributed by atoms with van der Waals surface area (Å²) in [5, 5.41) is 7.62. The molecule has 122 valence electrons. The number of hydrogen-bond acceptors (Lipinski definition) is 4. The monoisotopic (exact) mass is 334 g/mol. The van der Waals surface area contributed by atoms with E-state index in [0.29, 0.717) is 11.4 Å². The number of nitrogens with one attached hydrogen (secondary N) is 1. The van der Waals surface area contributed by atoms with Crippen molar-refractivity contribution >= 4 is 21.6 Å². The van der Waals surface area contributed by atoms with Crippen LogP contribution in [0.4, 0.5) is 5.69 Å². The zero-order chi connectivity index (χ0) is 17.0. The van der Waals surface area contributed by atoms with Crippen LogP contribution in [-0.2, 0) is 14.8 Å². The SMILES string of the molecule is Cc1cc(C)cc(OCC(=O)Nc2cccc(S(N)(=O)=O)c2)c1. The lowest BCUT2D eigenvalue weighted by Crippen LogP contribution is -2.20.